The third kappa shape index (κ3) is 6.60. The van der Waals surface area contributed by atoms with Crippen molar-refractivity contribution in [2.24, 2.45) is 0 Å². The highest BCUT2D eigenvalue weighted by Gasteiger charge is 2.26. The second kappa shape index (κ2) is 9.39. The van der Waals surface area contributed by atoms with Crippen molar-refractivity contribution in [1.82, 2.24) is 26.6 Å². The molecule has 0 aromatic carbocycles. The third-order valence-corrected chi connectivity index (χ3v) is 4.43. The highest BCUT2D eigenvalue weighted by atomic mass is 16.3. The van der Waals surface area contributed by atoms with Gasteiger partial charge in [0.2, 0.25) is 0 Å². The van der Waals surface area contributed by atoms with Gasteiger partial charge < -0.3 is 20.8 Å². The maximum atomic E-state index is 12.1. The molecule has 0 bridgehead atoms. The largest absolute Gasteiger partial charge is 0.394 e. The summed E-state index contributed by atoms with van der Waals surface area (Å²) >= 11 is 0. The summed E-state index contributed by atoms with van der Waals surface area (Å²) in [6.45, 7) is 2.09. The van der Waals surface area contributed by atoms with Crippen LogP contribution < -0.4 is 26.6 Å². The number of hydrogen-bond donors (Lipinski definition) is 7. The standard InChI is InChI=1S/C15H31N5O3/c1-10-7-13(16-8-12(22)9-21)19-14(17-10)20-15(23)18-11-5-3-2-4-6-11/h10-14,16-17,19,21-22H,2-9H2,1H3,(H2,18,20,23). The van der Waals surface area contributed by atoms with Crippen LogP contribution in [0.3, 0.4) is 0 Å². The van der Waals surface area contributed by atoms with Crippen molar-refractivity contribution < 1.29 is 15.0 Å². The smallest absolute Gasteiger partial charge is 0.317 e. The second-order valence-electron chi connectivity index (χ2n) is 6.65. The molecule has 2 rings (SSSR count). The maximum absolute atomic E-state index is 12.1. The molecule has 0 spiro atoms. The molecule has 0 radical (unpaired) electrons. The Morgan fingerprint density at radius 1 is 1.22 bits per heavy atom. The fraction of sp³-hybridized carbons (Fsp3) is 0.933. The predicted molar refractivity (Wildman–Crippen MR) is 87.6 cm³/mol. The van der Waals surface area contributed by atoms with E-state index in [1.54, 1.807) is 0 Å². The molecule has 8 heteroatoms. The van der Waals surface area contributed by atoms with E-state index in [4.69, 9.17) is 5.11 Å². The Morgan fingerprint density at radius 3 is 2.65 bits per heavy atom. The van der Waals surface area contributed by atoms with Crippen molar-refractivity contribution in [1.29, 1.82) is 0 Å². The first-order valence-electron chi connectivity index (χ1n) is 8.68. The summed E-state index contributed by atoms with van der Waals surface area (Å²) in [7, 11) is 0. The lowest BCUT2D eigenvalue weighted by molar-refractivity contribution is 0.0851. The number of carbonyl (C=O) groups excluding carboxylic acids is 1. The van der Waals surface area contributed by atoms with E-state index in [0.29, 0.717) is 6.54 Å². The predicted octanol–water partition coefficient (Wildman–Crippen LogP) is -0.858. The number of urea groups is 1. The normalized spacial score (nSPS) is 30.7. The summed E-state index contributed by atoms with van der Waals surface area (Å²) in [5.74, 6) is 0. The molecule has 2 aliphatic rings. The van der Waals surface area contributed by atoms with Gasteiger partial charge in [-0.2, -0.15) is 0 Å². The average Bonchev–Trinajstić information content (AvgIpc) is 2.52. The number of rotatable bonds is 6. The van der Waals surface area contributed by atoms with Gasteiger partial charge in [-0.1, -0.05) is 19.3 Å². The van der Waals surface area contributed by atoms with Gasteiger partial charge in [-0.05, 0) is 26.2 Å². The lowest BCUT2D eigenvalue weighted by Crippen LogP contribution is -2.68. The highest BCUT2D eigenvalue weighted by Crippen LogP contribution is 2.17. The molecule has 8 nitrogen and oxygen atoms in total. The Morgan fingerprint density at radius 2 is 1.96 bits per heavy atom. The van der Waals surface area contributed by atoms with Crippen molar-refractivity contribution in [2.45, 2.75) is 76.1 Å². The van der Waals surface area contributed by atoms with E-state index < -0.39 is 6.10 Å². The number of aliphatic hydroxyl groups is 2. The van der Waals surface area contributed by atoms with Gasteiger partial charge in [-0.25, -0.2) is 4.79 Å². The molecule has 134 valence electrons. The minimum atomic E-state index is -0.775. The molecule has 2 fully saturated rings. The zero-order valence-electron chi connectivity index (χ0n) is 13.8. The van der Waals surface area contributed by atoms with Gasteiger partial charge in [-0.15, -0.1) is 0 Å². The molecule has 0 aromatic heterocycles. The topological polar surface area (TPSA) is 118 Å². The minimum Gasteiger partial charge on any atom is -0.394 e. The van der Waals surface area contributed by atoms with Crippen molar-refractivity contribution in [3.05, 3.63) is 0 Å². The van der Waals surface area contributed by atoms with E-state index in [-0.39, 0.29) is 37.2 Å². The van der Waals surface area contributed by atoms with Crippen LogP contribution in [-0.4, -0.2) is 60.0 Å². The van der Waals surface area contributed by atoms with Crippen LogP contribution in [-0.2, 0) is 0 Å². The molecule has 4 atom stereocenters. The third-order valence-electron chi connectivity index (χ3n) is 4.43. The first-order valence-corrected chi connectivity index (χ1v) is 8.68. The van der Waals surface area contributed by atoms with E-state index in [2.05, 4.69) is 26.6 Å². The van der Waals surface area contributed by atoms with Crippen molar-refractivity contribution in [2.75, 3.05) is 13.2 Å². The fourth-order valence-electron chi connectivity index (χ4n) is 3.20. The van der Waals surface area contributed by atoms with E-state index >= 15 is 0 Å². The van der Waals surface area contributed by atoms with Crippen LogP contribution in [0.2, 0.25) is 0 Å². The molecule has 23 heavy (non-hydrogen) atoms. The van der Waals surface area contributed by atoms with Gasteiger partial charge in [0, 0.05) is 18.6 Å². The number of amides is 2. The minimum absolute atomic E-state index is 0.0348. The van der Waals surface area contributed by atoms with Crippen LogP contribution in [0.15, 0.2) is 0 Å². The van der Waals surface area contributed by atoms with E-state index in [9.17, 15) is 9.90 Å². The van der Waals surface area contributed by atoms with Crippen LogP contribution in [0, 0.1) is 0 Å². The molecule has 1 heterocycles. The maximum Gasteiger partial charge on any atom is 0.317 e. The van der Waals surface area contributed by atoms with Crippen LogP contribution >= 0.6 is 0 Å². The molecule has 1 aliphatic heterocycles. The fourth-order valence-corrected chi connectivity index (χ4v) is 3.20. The molecular formula is C15H31N5O3. The van der Waals surface area contributed by atoms with E-state index in [0.717, 1.165) is 19.3 Å². The van der Waals surface area contributed by atoms with Gasteiger partial charge in [-0.3, -0.25) is 16.0 Å². The molecule has 1 saturated heterocycles. The molecule has 2 amide bonds. The molecule has 4 unspecified atom stereocenters. The van der Waals surface area contributed by atoms with E-state index in [1.807, 2.05) is 6.92 Å². The number of carbonyl (C=O) groups is 1. The zero-order valence-corrected chi connectivity index (χ0v) is 13.8. The molecule has 1 saturated carbocycles. The summed E-state index contributed by atoms with van der Waals surface area (Å²) in [6.07, 6.45) is 5.41. The van der Waals surface area contributed by atoms with Gasteiger partial charge >= 0.3 is 6.03 Å². The number of aliphatic hydroxyl groups excluding tert-OH is 2. The average molecular weight is 329 g/mol. The molecular weight excluding hydrogens is 298 g/mol. The molecule has 7 N–H and O–H groups in total. The monoisotopic (exact) mass is 329 g/mol. The number of nitrogens with one attached hydrogen (secondary N) is 5. The van der Waals surface area contributed by atoms with Gasteiger partial charge in [0.05, 0.1) is 18.9 Å². The van der Waals surface area contributed by atoms with Crippen LogP contribution in [0.25, 0.3) is 0 Å². The summed E-state index contributed by atoms with van der Waals surface area (Å²) in [4.78, 5) is 12.1. The van der Waals surface area contributed by atoms with Crippen molar-refractivity contribution >= 4 is 6.03 Å². The summed E-state index contributed by atoms with van der Waals surface area (Å²) in [6, 6.07) is 0.337. The second-order valence-corrected chi connectivity index (χ2v) is 6.65. The van der Waals surface area contributed by atoms with Crippen LogP contribution in [0.5, 0.6) is 0 Å². The van der Waals surface area contributed by atoms with Crippen LogP contribution in [0.4, 0.5) is 4.79 Å². The summed E-state index contributed by atoms with van der Waals surface area (Å²) in [5, 5.41) is 33.9. The van der Waals surface area contributed by atoms with Gasteiger partial charge in [0.25, 0.3) is 0 Å². The van der Waals surface area contributed by atoms with Crippen molar-refractivity contribution in [3.63, 3.8) is 0 Å². The van der Waals surface area contributed by atoms with Gasteiger partial charge in [0.15, 0.2) is 0 Å². The van der Waals surface area contributed by atoms with Crippen LogP contribution in [0.1, 0.15) is 45.4 Å². The Kier molecular flexibility index (Phi) is 7.51. The van der Waals surface area contributed by atoms with Gasteiger partial charge in [0.1, 0.15) is 6.29 Å². The quantitative estimate of drug-likeness (QED) is 0.341. The Bertz CT molecular complexity index is 365. The Hall–Kier alpha value is -0.930. The first kappa shape index (κ1) is 18.4. The molecule has 1 aliphatic carbocycles. The van der Waals surface area contributed by atoms with Crippen molar-refractivity contribution in [3.8, 4) is 0 Å². The lowest BCUT2D eigenvalue weighted by atomic mass is 9.96. The highest BCUT2D eigenvalue weighted by molar-refractivity contribution is 5.74. The Balaban J connectivity index is 1.73. The SMILES string of the molecule is CC1CC(NCC(O)CO)NC(NC(=O)NC2CCCCC2)N1. The van der Waals surface area contributed by atoms with E-state index in [1.165, 1.54) is 19.3 Å². The summed E-state index contributed by atoms with van der Waals surface area (Å²) in [5.41, 5.74) is 0. The zero-order chi connectivity index (χ0) is 16.7. The molecule has 0 aromatic rings. The summed E-state index contributed by atoms with van der Waals surface area (Å²) < 4.78 is 0. The lowest BCUT2D eigenvalue weighted by Gasteiger charge is -2.37. The first-order chi connectivity index (χ1) is 11.1. The Labute approximate surface area is 137 Å². The number of hydrogen-bond acceptors (Lipinski definition) is 6.